The second-order valence-corrected chi connectivity index (χ2v) is 16.0. The molecule has 0 spiro atoms. The Morgan fingerprint density at radius 1 is 1.02 bits per heavy atom. The summed E-state index contributed by atoms with van der Waals surface area (Å²) in [5.74, 6) is -1.48. The van der Waals surface area contributed by atoms with Crippen LogP contribution in [0.25, 0.3) is 0 Å². The van der Waals surface area contributed by atoms with Gasteiger partial charge in [-0.25, -0.2) is 0 Å². The molecule has 9 N–H and O–H groups in total. The van der Waals surface area contributed by atoms with Crippen LogP contribution in [0.5, 0.6) is 0 Å². The highest BCUT2D eigenvalue weighted by Crippen LogP contribution is 2.68. The predicted octanol–water partition coefficient (Wildman–Crippen LogP) is -0.322. The van der Waals surface area contributed by atoms with Gasteiger partial charge in [0.1, 0.15) is 24.4 Å². The van der Waals surface area contributed by atoms with Crippen LogP contribution in [-0.2, 0) is 14.3 Å². The average Bonchev–Trinajstić information content (AvgIpc) is 3.24. The second kappa shape index (κ2) is 11.8. The lowest BCUT2D eigenvalue weighted by Gasteiger charge is -2.61. The van der Waals surface area contributed by atoms with Crippen LogP contribution in [0.3, 0.4) is 0 Å². The monoisotopic (exact) mass is 642 g/mol. The van der Waals surface area contributed by atoms with Crippen molar-refractivity contribution in [2.75, 3.05) is 6.61 Å². The van der Waals surface area contributed by atoms with Gasteiger partial charge in [-0.1, -0.05) is 13.8 Å². The third-order valence-corrected chi connectivity index (χ3v) is 12.7. The van der Waals surface area contributed by atoms with Gasteiger partial charge in [0.25, 0.3) is 0 Å². The van der Waals surface area contributed by atoms with Crippen LogP contribution < -0.4 is 0 Å². The van der Waals surface area contributed by atoms with Crippen molar-refractivity contribution < 1.29 is 60.2 Å². The Bertz CT molecular complexity index is 1150. The molecular weight excluding hydrogens is 588 g/mol. The number of aliphatic hydroxyl groups is 9. The minimum atomic E-state index is -1.64. The van der Waals surface area contributed by atoms with E-state index in [9.17, 15) is 50.8 Å². The van der Waals surface area contributed by atoms with Gasteiger partial charge in [-0.2, -0.15) is 0 Å². The Morgan fingerprint density at radius 2 is 1.69 bits per heavy atom. The van der Waals surface area contributed by atoms with E-state index in [1.807, 2.05) is 13.8 Å². The molecule has 0 amide bonds. The molecule has 12 heteroatoms. The summed E-state index contributed by atoms with van der Waals surface area (Å²) in [5, 5.41) is 97.1. The third kappa shape index (κ3) is 5.65. The highest BCUT2D eigenvalue weighted by molar-refractivity contribution is 5.95. The van der Waals surface area contributed by atoms with E-state index in [2.05, 4.69) is 0 Å². The Kier molecular flexibility index (Phi) is 9.28. The number of carbonyl (C=O) groups excluding carboxylic acids is 1. The van der Waals surface area contributed by atoms with Gasteiger partial charge in [0.2, 0.25) is 0 Å². The lowest BCUT2D eigenvalue weighted by molar-refractivity contribution is -0.322. The largest absolute Gasteiger partial charge is 0.394 e. The van der Waals surface area contributed by atoms with Crippen molar-refractivity contribution in [1.82, 2.24) is 0 Å². The van der Waals surface area contributed by atoms with Crippen molar-refractivity contribution in [1.29, 1.82) is 0 Å². The van der Waals surface area contributed by atoms with E-state index in [1.54, 1.807) is 26.8 Å². The predicted molar refractivity (Wildman–Crippen MR) is 159 cm³/mol. The molecule has 0 radical (unpaired) electrons. The third-order valence-electron chi connectivity index (χ3n) is 12.7. The Hall–Kier alpha value is -1.03. The molecule has 0 aromatic heterocycles. The molecule has 3 saturated carbocycles. The number of aliphatic hydroxyl groups excluding tert-OH is 6. The summed E-state index contributed by atoms with van der Waals surface area (Å²) >= 11 is 0. The molecule has 45 heavy (non-hydrogen) atoms. The van der Waals surface area contributed by atoms with E-state index < -0.39 is 95.1 Å². The first-order chi connectivity index (χ1) is 20.7. The summed E-state index contributed by atoms with van der Waals surface area (Å²) < 4.78 is 11.4. The molecule has 1 saturated heterocycles. The molecular formula is C33H54O12. The van der Waals surface area contributed by atoms with Crippen LogP contribution in [0, 0.1) is 28.6 Å². The van der Waals surface area contributed by atoms with Crippen molar-refractivity contribution in [3.8, 4) is 0 Å². The Morgan fingerprint density at radius 3 is 2.31 bits per heavy atom. The van der Waals surface area contributed by atoms with Gasteiger partial charge in [-0.05, 0) is 101 Å². The molecule has 15 atom stereocenters. The smallest absolute Gasteiger partial charge is 0.187 e. The van der Waals surface area contributed by atoms with E-state index >= 15 is 0 Å². The van der Waals surface area contributed by atoms with Crippen molar-refractivity contribution >= 4 is 5.78 Å². The van der Waals surface area contributed by atoms with Crippen LogP contribution in [-0.4, -0.2) is 124 Å². The molecule has 258 valence electrons. The maximum absolute atomic E-state index is 13.9. The van der Waals surface area contributed by atoms with Crippen LogP contribution in [0.1, 0.15) is 86.0 Å². The number of rotatable bonds is 8. The topological polar surface area (TPSA) is 218 Å². The minimum absolute atomic E-state index is 0.103. The highest BCUT2D eigenvalue weighted by atomic mass is 16.7. The maximum Gasteiger partial charge on any atom is 0.187 e. The fourth-order valence-corrected chi connectivity index (χ4v) is 9.81. The van der Waals surface area contributed by atoms with E-state index in [0.717, 1.165) is 0 Å². The minimum Gasteiger partial charge on any atom is -0.394 e. The van der Waals surface area contributed by atoms with E-state index in [1.165, 1.54) is 0 Å². The number of ether oxygens (including phenoxy) is 2. The molecule has 1 heterocycles. The zero-order valence-corrected chi connectivity index (χ0v) is 27.0. The number of carbonyl (C=O) groups is 1. The molecule has 12 nitrogen and oxygen atoms in total. The zero-order chi connectivity index (χ0) is 33.5. The summed E-state index contributed by atoms with van der Waals surface area (Å²) in [6.45, 7) is 8.16. The summed E-state index contributed by atoms with van der Waals surface area (Å²) in [5.41, 5.74) is -4.89. The van der Waals surface area contributed by atoms with Gasteiger partial charge in [0, 0.05) is 11.3 Å². The van der Waals surface area contributed by atoms with Gasteiger partial charge >= 0.3 is 0 Å². The molecule has 4 fully saturated rings. The summed E-state index contributed by atoms with van der Waals surface area (Å²) in [7, 11) is 0. The van der Waals surface area contributed by atoms with Crippen LogP contribution in [0.15, 0.2) is 11.6 Å². The van der Waals surface area contributed by atoms with Crippen molar-refractivity contribution in [3.63, 3.8) is 0 Å². The SMILES string of the molecule is CC(C)(O)CCC(O)[C@](C)(O)[C@H]1CC[C@@]2(O)C3=CC(=O)[C@@H]4C[C@@H](O[C@H]5O[C@H](CO)[C@H](O)[C@H](O)[C@H]5O)[C@@H](O)C[C@]4(C)[C@H]3CC[C@]12C. The van der Waals surface area contributed by atoms with Gasteiger partial charge in [-0.15, -0.1) is 0 Å². The van der Waals surface area contributed by atoms with Crippen molar-refractivity contribution in [2.24, 2.45) is 28.6 Å². The molecule has 0 aromatic carbocycles. The second-order valence-electron chi connectivity index (χ2n) is 16.0. The number of hydrogen-bond acceptors (Lipinski definition) is 12. The standard InChI is InChI=1S/C33H54O12/c1-29(2,41)9-8-24(37)32(5,42)23-7-11-33(43)17-12-19(35)18-13-21(44-28-27(40)26(39)25(38)22(15-34)45-28)20(36)14-30(18,3)16(17)6-10-31(23,33)4/h12,16,18,20-28,34,36-43H,6-11,13-15H2,1-5H3/t16-,18-,20-,21+,22+,23-,24?,25-,26-,27+,28-,30+,31+,32+,33+/m0/s1. The first-order valence-corrected chi connectivity index (χ1v) is 16.5. The molecule has 1 unspecified atom stereocenters. The fraction of sp³-hybridized carbons (Fsp3) is 0.909. The number of hydrogen-bond donors (Lipinski definition) is 9. The number of allylic oxidation sites excluding steroid dienone is 1. The molecule has 5 rings (SSSR count). The maximum atomic E-state index is 13.9. The first kappa shape index (κ1) is 35.3. The van der Waals surface area contributed by atoms with Gasteiger partial charge in [0.15, 0.2) is 12.1 Å². The van der Waals surface area contributed by atoms with Gasteiger partial charge in [-0.3, -0.25) is 4.79 Å². The van der Waals surface area contributed by atoms with E-state index in [-0.39, 0.29) is 31.0 Å². The molecule has 0 bridgehead atoms. The highest BCUT2D eigenvalue weighted by Gasteiger charge is 2.69. The van der Waals surface area contributed by atoms with Crippen molar-refractivity contribution in [2.45, 2.75) is 152 Å². The molecule has 4 aliphatic carbocycles. The Balaban J connectivity index is 1.37. The number of ketones is 1. The van der Waals surface area contributed by atoms with Crippen LogP contribution in [0.2, 0.25) is 0 Å². The fourth-order valence-electron chi connectivity index (χ4n) is 9.81. The van der Waals surface area contributed by atoms with Crippen LogP contribution >= 0.6 is 0 Å². The van der Waals surface area contributed by atoms with Gasteiger partial charge in [0.05, 0.1) is 41.7 Å². The summed E-state index contributed by atoms with van der Waals surface area (Å²) in [6.07, 6.45) is -6.38. The first-order valence-electron chi connectivity index (χ1n) is 16.5. The lowest BCUT2D eigenvalue weighted by Crippen LogP contribution is -2.64. The lowest BCUT2D eigenvalue weighted by atomic mass is 9.45. The summed E-state index contributed by atoms with van der Waals surface area (Å²) in [6, 6.07) is 0. The molecule has 1 aliphatic heterocycles. The van der Waals surface area contributed by atoms with E-state index in [4.69, 9.17) is 9.47 Å². The Labute approximate surface area is 264 Å². The van der Waals surface area contributed by atoms with Crippen molar-refractivity contribution in [3.05, 3.63) is 11.6 Å². The van der Waals surface area contributed by atoms with Gasteiger partial charge < -0.3 is 55.4 Å². The van der Waals surface area contributed by atoms with E-state index in [0.29, 0.717) is 37.7 Å². The summed E-state index contributed by atoms with van der Waals surface area (Å²) in [4.78, 5) is 13.9. The number of fused-ring (bicyclic) bond motifs is 5. The quantitative estimate of drug-likeness (QED) is 0.166. The molecule has 0 aromatic rings. The molecule has 5 aliphatic rings. The van der Waals surface area contributed by atoms with Crippen LogP contribution in [0.4, 0.5) is 0 Å². The average molecular weight is 643 g/mol. The normalized spacial score (nSPS) is 48.9. The zero-order valence-electron chi connectivity index (χ0n) is 27.0.